The number of hydrogen-bond donors (Lipinski definition) is 0. The van der Waals surface area contributed by atoms with Crippen LogP contribution in [-0.2, 0) is 19.7 Å². The Morgan fingerprint density at radius 3 is 1.89 bits per heavy atom. The van der Waals surface area contributed by atoms with Gasteiger partial charge in [-0.3, -0.25) is 14.9 Å². The molecule has 1 aliphatic heterocycles. The van der Waals surface area contributed by atoms with Crippen molar-refractivity contribution in [2.75, 3.05) is 11.5 Å². The number of non-ortho nitro benzene ring substituents is 1. The first-order valence-corrected chi connectivity index (χ1v) is 14.9. The summed E-state index contributed by atoms with van der Waals surface area (Å²) in [6.45, 7) is 3.50. The summed E-state index contributed by atoms with van der Waals surface area (Å²) >= 11 is 0. The number of anilines is 1. The summed E-state index contributed by atoms with van der Waals surface area (Å²) in [6.07, 6.45) is -0.547. The molecule has 45 heavy (non-hydrogen) atoms. The summed E-state index contributed by atoms with van der Waals surface area (Å²) < 4.78 is 12.3. The van der Waals surface area contributed by atoms with Crippen LogP contribution in [0.2, 0.25) is 0 Å². The molecule has 8 heteroatoms. The van der Waals surface area contributed by atoms with Crippen molar-refractivity contribution in [3.05, 3.63) is 165 Å². The largest absolute Gasteiger partial charge is 0.490 e. The van der Waals surface area contributed by atoms with E-state index in [9.17, 15) is 14.9 Å². The SMILES string of the molecule is CCOc1cc([C@H]2N(Cc3ccccc3)C(=O)c3cc([N+](=O)[O-])ccc3N2Cc2ccccc2)ccc1OCc1ccccc1. The van der Waals surface area contributed by atoms with E-state index in [1.807, 2.05) is 116 Å². The smallest absolute Gasteiger partial charge is 0.270 e. The van der Waals surface area contributed by atoms with Gasteiger partial charge in [0, 0.05) is 25.2 Å². The lowest BCUT2D eigenvalue weighted by Gasteiger charge is -2.46. The van der Waals surface area contributed by atoms with Gasteiger partial charge in [0.05, 0.1) is 22.8 Å². The quantitative estimate of drug-likeness (QED) is 0.113. The maximum atomic E-state index is 14.3. The van der Waals surface area contributed by atoms with Gasteiger partial charge in [-0.05, 0) is 47.4 Å². The standard InChI is InChI=1S/C37H33N3O5/c1-2-44-35-22-30(18-21-34(35)45-26-29-16-10-5-11-17-29)36-38(24-27-12-6-3-7-13-27)33-20-19-31(40(42)43)23-32(33)37(41)39(36)25-28-14-8-4-9-15-28/h3-23,36H,2,24-26H2,1H3/t36-/m1/s1. The Bertz CT molecular complexity index is 1780. The van der Waals surface area contributed by atoms with Crippen molar-refractivity contribution >= 4 is 17.3 Å². The zero-order chi connectivity index (χ0) is 31.2. The Kier molecular flexibility index (Phi) is 8.73. The number of nitrogens with zero attached hydrogens (tertiary/aromatic N) is 3. The van der Waals surface area contributed by atoms with Gasteiger partial charge in [0.25, 0.3) is 11.6 Å². The minimum absolute atomic E-state index is 0.126. The van der Waals surface area contributed by atoms with Gasteiger partial charge in [-0.2, -0.15) is 0 Å². The van der Waals surface area contributed by atoms with Crippen LogP contribution in [-0.4, -0.2) is 22.3 Å². The second-order valence-corrected chi connectivity index (χ2v) is 10.8. The highest BCUT2D eigenvalue weighted by molar-refractivity contribution is 6.02. The molecule has 0 radical (unpaired) electrons. The molecule has 226 valence electrons. The summed E-state index contributed by atoms with van der Waals surface area (Å²) in [5.41, 5.74) is 4.64. The summed E-state index contributed by atoms with van der Waals surface area (Å²) in [6, 6.07) is 40.0. The predicted molar refractivity (Wildman–Crippen MR) is 173 cm³/mol. The molecule has 0 unspecified atom stereocenters. The van der Waals surface area contributed by atoms with Gasteiger partial charge in [0.15, 0.2) is 11.5 Å². The highest BCUT2D eigenvalue weighted by Crippen LogP contribution is 2.44. The molecule has 6 rings (SSSR count). The fraction of sp³-hybridized carbons (Fsp3) is 0.162. The number of nitro groups is 1. The minimum Gasteiger partial charge on any atom is -0.490 e. The number of fused-ring (bicyclic) bond motifs is 1. The topological polar surface area (TPSA) is 85.1 Å². The first-order chi connectivity index (χ1) is 22.0. The van der Waals surface area contributed by atoms with Gasteiger partial charge in [-0.25, -0.2) is 0 Å². The summed E-state index contributed by atoms with van der Waals surface area (Å²) in [5, 5.41) is 11.7. The maximum Gasteiger partial charge on any atom is 0.270 e. The fourth-order valence-electron chi connectivity index (χ4n) is 5.68. The molecule has 0 N–H and O–H groups in total. The zero-order valence-corrected chi connectivity index (χ0v) is 24.9. The third-order valence-corrected chi connectivity index (χ3v) is 7.78. The fourth-order valence-corrected chi connectivity index (χ4v) is 5.68. The normalized spacial score (nSPS) is 14.2. The van der Waals surface area contributed by atoms with E-state index in [4.69, 9.17) is 9.47 Å². The molecule has 0 saturated carbocycles. The Balaban J connectivity index is 1.47. The van der Waals surface area contributed by atoms with Gasteiger partial charge in [-0.1, -0.05) is 97.1 Å². The van der Waals surface area contributed by atoms with E-state index in [1.165, 1.54) is 12.1 Å². The molecular formula is C37H33N3O5. The molecular weight excluding hydrogens is 566 g/mol. The van der Waals surface area contributed by atoms with Crippen LogP contribution >= 0.6 is 0 Å². The van der Waals surface area contributed by atoms with E-state index in [-0.39, 0.29) is 11.6 Å². The molecule has 1 amide bonds. The minimum atomic E-state index is -0.547. The molecule has 0 bridgehead atoms. The van der Waals surface area contributed by atoms with Crippen molar-refractivity contribution in [2.45, 2.75) is 32.8 Å². The van der Waals surface area contributed by atoms with Gasteiger partial charge in [-0.15, -0.1) is 0 Å². The number of amides is 1. The second kappa shape index (κ2) is 13.3. The molecule has 0 aromatic heterocycles. The lowest BCUT2D eigenvalue weighted by atomic mass is 9.98. The van der Waals surface area contributed by atoms with E-state index in [2.05, 4.69) is 4.90 Å². The van der Waals surface area contributed by atoms with Crippen molar-refractivity contribution in [3.8, 4) is 11.5 Å². The van der Waals surface area contributed by atoms with E-state index in [0.717, 1.165) is 22.3 Å². The molecule has 5 aromatic rings. The molecule has 0 aliphatic carbocycles. The number of benzene rings is 5. The first kappa shape index (κ1) is 29.4. The van der Waals surface area contributed by atoms with Gasteiger partial charge in [0.1, 0.15) is 12.8 Å². The van der Waals surface area contributed by atoms with Crippen LogP contribution < -0.4 is 14.4 Å². The highest BCUT2D eigenvalue weighted by Gasteiger charge is 2.40. The summed E-state index contributed by atoms with van der Waals surface area (Å²) in [7, 11) is 0. The molecule has 8 nitrogen and oxygen atoms in total. The summed E-state index contributed by atoms with van der Waals surface area (Å²) in [4.78, 5) is 29.5. The van der Waals surface area contributed by atoms with Crippen LogP contribution in [0.15, 0.2) is 127 Å². The third kappa shape index (κ3) is 6.50. The first-order valence-electron chi connectivity index (χ1n) is 14.9. The number of carbonyl (C=O) groups is 1. The average Bonchev–Trinajstić information content (AvgIpc) is 3.07. The Morgan fingerprint density at radius 2 is 1.29 bits per heavy atom. The second-order valence-electron chi connectivity index (χ2n) is 10.8. The lowest BCUT2D eigenvalue weighted by molar-refractivity contribution is -0.384. The van der Waals surface area contributed by atoms with Crippen LogP contribution in [0.5, 0.6) is 11.5 Å². The average molecular weight is 600 g/mol. The van der Waals surface area contributed by atoms with Crippen molar-refractivity contribution in [1.29, 1.82) is 0 Å². The van der Waals surface area contributed by atoms with Gasteiger partial charge < -0.3 is 19.3 Å². The monoisotopic (exact) mass is 599 g/mol. The highest BCUT2D eigenvalue weighted by atomic mass is 16.6. The molecule has 1 atom stereocenters. The molecule has 1 aliphatic rings. The van der Waals surface area contributed by atoms with Gasteiger partial charge >= 0.3 is 0 Å². The summed E-state index contributed by atoms with van der Waals surface area (Å²) in [5.74, 6) is 0.897. The predicted octanol–water partition coefficient (Wildman–Crippen LogP) is 7.93. The lowest BCUT2D eigenvalue weighted by Crippen LogP contribution is -2.48. The number of hydrogen-bond acceptors (Lipinski definition) is 6. The number of ether oxygens (including phenoxy) is 2. The van der Waals surface area contributed by atoms with Crippen LogP contribution in [0.4, 0.5) is 11.4 Å². The van der Waals surface area contributed by atoms with Crippen molar-refractivity contribution in [3.63, 3.8) is 0 Å². The van der Waals surface area contributed by atoms with Crippen molar-refractivity contribution < 1.29 is 19.2 Å². The van der Waals surface area contributed by atoms with Crippen LogP contribution in [0.3, 0.4) is 0 Å². The number of nitro benzene ring substituents is 1. The maximum absolute atomic E-state index is 14.3. The van der Waals surface area contributed by atoms with Crippen LogP contribution in [0, 0.1) is 10.1 Å². The Labute approximate surface area is 262 Å². The Morgan fingerprint density at radius 1 is 0.689 bits per heavy atom. The molecule has 0 saturated heterocycles. The van der Waals surface area contributed by atoms with Crippen LogP contribution in [0.1, 0.15) is 45.7 Å². The molecule has 5 aromatic carbocycles. The van der Waals surface area contributed by atoms with E-state index >= 15 is 0 Å². The molecule has 1 heterocycles. The number of carbonyl (C=O) groups excluding carboxylic acids is 1. The van der Waals surface area contributed by atoms with E-state index in [1.54, 1.807) is 11.0 Å². The van der Waals surface area contributed by atoms with Gasteiger partial charge in [0.2, 0.25) is 0 Å². The van der Waals surface area contributed by atoms with Crippen molar-refractivity contribution in [1.82, 2.24) is 4.90 Å². The molecule has 0 fully saturated rings. The molecule has 0 spiro atoms. The van der Waals surface area contributed by atoms with E-state index < -0.39 is 11.1 Å². The van der Waals surface area contributed by atoms with Crippen molar-refractivity contribution in [2.24, 2.45) is 0 Å². The van der Waals surface area contributed by atoms with Crippen LogP contribution in [0.25, 0.3) is 0 Å². The Hall–Kier alpha value is -5.63. The number of rotatable bonds is 11. The zero-order valence-electron chi connectivity index (χ0n) is 24.9. The van der Waals surface area contributed by atoms with E-state index in [0.29, 0.717) is 49.1 Å². The third-order valence-electron chi connectivity index (χ3n) is 7.78.